The lowest BCUT2D eigenvalue weighted by molar-refractivity contribution is -0.384. The average molecular weight is 401 g/mol. The lowest BCUT2D eigenvalue weighted by Gasteiger charge is -2.15. The first-order valence-corrected chi connectivity index (χ1v) is 8.66. The molecule has 0 saturated carbocycles. The maximum atomic E-state index is 13.1. The zero-order valence-electron chi connectivity index (χ0n) is 15.1. The van der Waals surface area contributed by atoms with Crippen molar-refractivity contribution in [2.75, 3.05) is 23.4 Å². The minimum atomic E-state index is -0.836. The normalized spacial score (nSPS) is 13.3. The van der Waals surface area contributed by atoms with Crippen LogP contribution in [0.3, 0.4) is 0 Å². The number of anilines is 2. The fraction of sp³-hybridized carbons (Fsp3) is 0.211. The van der Waals surface area contributed by atoms with Crippen molar-refractivity contribution in [2.45, 2.75) is 12.8 Å². The van der Waals surface area contributed by atoms with Crippen LogP contribution in [-0.2, 0) is 14.3 Å². The third-order valence-electron chi connectivity index (χ3n) is 4.25. The molecule has 1 N–H and O–H groups in total. The zero-order valence-corrected chi connectivity index (χ0v) is 15.1. The number of carbonyl (C=O) groups excluding carboxylic acids is 3. The number of esters is 1. The number of amides is 2. The molecular weight excluding hydrogens is 385 g/mol. The molecule has 29 heavy (non-hydrogen) atoms. The molecule has 2 aromatic rings. The molecule has 0 aliphatic carbocycles. The minimum absolute atomic E-state index is 0.0203. The van der Waals surface area contributed by atoms with Crippen LogP contribution in [-0.4, -0.2) is 35.9 Å². The molecule has 1 aliphatic heterocycles. The molecule has 0 unspecified atom stereocenters. The van der Waals surface area contributed by atoms with Crippen LogP contribution in [0.2, 0.25) is 0 Å². The van der Waals surface area contributed by atoms with Gasteiger partial charge in [0.1, 0.15) is 11.5 Å². The van der Waals surface area contributed by atoms with Crippen molar-refractivity contribution >= 4 is 34.8 Å². The molecule has 2 amide bonds. The van der Waals surface area contributed by atoms with Gasteiger partial charge in [-0.1, -0.05) is 0 Å². The van der Waals surface area contributed by atoms with E-state index in [1.54, 1.807) is 17.0 Å². The Bertz CT molecular complexity index is 976. The Balaban J connectivity index is 1.57. The summed E-state index contributed by atoms with van der Waals surface area (Å²) in [5.74, 6) is -2.38. The van der Waals surface area contributed by atoms with E-state index in [1.807, 2.05) is 0 Å². The first kappa shape index (κ1) is 19.9. The predicted octanol–water partition coefficient (Wildman–Crippen LogP) is 2.66. The fourth-order valence-corrected chi connectivity index (χ4v) is 2.86. The van der Waals surface area contributed by atoms with Gasteiger partial charge in [0.05, 0.1) is 16.6 Å². The Morgan fingerprint density at radius 3 is 2.55 bits per heavy atom. The van der Waals surface area contributed by atoms with E-state index in [0.717, 1.165) is 18.6 Å². The van der Waals surface area contributed by atoms with Gasteiger partial charge in [0.15, 0.2) is 6.61 Å². The molecule has 0 bridgehead atoms. The van der Waals surface area contributed by atoms with E-state index >= 15 is 0 Å². The largest absolute Gasteiger partial charge is 0.452 e. The van der Waals surface area contributed by atoms with Crippen LogP contribution >= 0.6 is 0 Å². The van der Waals surface area contributed by atoms with Gasteiger partial charge < -0.3 is 15.0 Å². The average Bonchev–Trinajstić information content (AvgIpc) is 3.13. The second kappa shape index (κ2) is 8.46. The zero-order chi connectivity index (χ0) is 21.0. The van der Waals surface area contributed by atoms with Crippen LogP contribution in [0.5, 0.6) is 0 Å². The van der Waals surface area contributed by atoms with E-state index < -0.39 is 34.9 Å². The number of halogens is 1. The number of hydrogen-bond donors (Lipinski definition) is 1. The van der Waals surface area contributed by atoms with E-state index in [0.29, 0.717) is 24.7 Å². The smallest absolute Gasteiger partial charge is 0.338 e. The quantitative estimate of drug-likeness (QED) is 0.452. The highest BCUT2D eigenvalue weighted by Gasteiger charge is 2.22. The summed E-state index contributed by atoms with van der Waals surface area (Å²) in [4.78, 5) is 47.4. The Morgan fingerprint density at radius 1 is 1.21 bits per heavy atom. The van der Waals surface area contributed by atoms with Gasteiger partial charge >= 0.3 is 5.97 Å². The van der Waals surface area contributed by atoms with E-state index in [9.17, 15) is 28.9 Å². The number of benzene rings is 2. The molecule has 0 atom stereocenters. The van der Waals surface area contributed by atoms with Crippen molar-refractivity contribution in [3.8, 4) is 0 Å². The third-order valence-corrected chi connectivity index (χ3v) is 4.25. The molecule has 1 fully saturated rings. The van der Waals surface area contributed by atoms with Crippen molar-refractivity contribution in [2.24, 2.45) is 0 Å². The number of nitro benzene ring substituents is 1. The van der Waals surface area contributed by atoms with Gasteiger partial charge in [-0.15, -0.1) is 0 Å². The number of nitrogens with one attached hydrogen (secondary N) is 1. The highest BCUT2D eigenvalue weighted by molar-refractivity contribution is 5.98. The van der Waals surface area contributed by atoms with Crippen LogP contribution in [0.15, 0.2) is 42.5 Å². The molecule has 2 aromatic carbocycles. The molecule has 10 heteroatoms. The van der Waals surface area contributed by atoms with Crippen LogP contribution < -0.4 is 10.2 Å². The Kier molecular flexibility index (Phi) is 5.82. The SMILES string of the molecule is O=C(COC(=O)c1ccc(N2CCCC2=O)cc1)Nc1ccc(F)cc1[N+](=O)[O-]. The van der Waals surface area contributed by atoms with Gasteiger partial charge in [-0.25, -0.2) is 9.18 Å². The number of rotatable bonds is 6. The predicted molar refractivity (Wildman–Crippen MR) is 100.0 cm³/mol. The van der Waals surface area contributed by atoms with E-state index in [1.165, 1.54) is 12.1 Å². The van der Waals surface area contributed by atoms with Crippen molar-refractivity contribution in [3.63, 3.8) is 0 Å². The molecule has 1 aliphatic rings. The summed E-state index contributed by atoms with van der Waals surface area (Å²) in [6.07, 6.45) is 1.27. The second-order valence-corrected chi connectivity index (χ2v) is 6.24. The van der Waals surface area contributed by atoms with Gasteiger partial charge in [0.2, 0.25) is 5.91 Å². The van der Waals surface area contributed by atoms with Crippen molar-refractivity contribution in [1.82, 2.24) is 0 Å². The molecule has 1 heterocycles. The molecule has 0 spiro atoms. The van der Waals surface area contributed by atoms with Gasteiger partial charge in [0, 0.05) is 18.7 Å². The highest BCUT2D eigenvalue weighted by Crippen LogP contribution is 2.25. The Morgan fingerprint density at radius 2 is 1.93 bits per heavy atom. The second-order valence-electron chi connectivity index (χ2n) is 6.24. The summed E-state index contributed by atoms with van der Waals surface area (Å²) in [6, 6.07) is 8.86. The van der Waals surface area contributed by atoms with Crippen LogP contribution in [0, 0.1) is 15.9 Å². The van der Waals surface area contributed by atoms with E-state index in [4.69, 9.17) is 4.74 Å². The first-order chi connectivity index (χ1) is 13.8. The molecular formula is C19H16FN3O6. The van der Waals surface area contributed by atoms with Gasteiger partial charge in [-0.3, -0.25) is 19.7 Å². The van der Waals surface area contributed by atoms with E-state index in [2.05, 4.69) is 5.32 Å². The number of ether oxygens (including phenoxy) is 1. The standard InChI is InChI=1S/C19H16FN3O6/c20-13-5-8-15(16(10-13)23(27)28)21-17(24)11-29-19(26)12-3-6-14(7-4-12)22-9-1-2-18(22)25/h3-8,10H,1-2,9,11H2,(H,21,24). The summed E-state index contributed by atoms with van der Waals surface area (Å²) in [5.41, 5.74) is 0.0279. The first-order valence-electron chi connectivity index (χ1n) is 8.66. The summed E-state index contributed by atoms with van der Waals surface area (Å²) in [5, 5.41) is 13.1. The topological polar surface area (TPSA) is 119 Å². The lowest BCUT2D eigenvalue weighted by Crippen LogP contribution is -2.24. The van der Waals surface area contributed by atoms with Crippen LogP contribution in [0.25, 0.3) is 0 Å². The molecule has 150 valence electrons. The summed E-state index contributed by atoms with van der Waals surface area (Å²) in [6.45, 7) is -0.0575. The van der Waals surface area contributed by atoms with Gasteiger partial charge in [0.25, 0.3) is 11.6 Å². The molecule has 0 aromatic heterocycles. The van der Waals surface area contributed by atoms with Crippen LogP contribution in [0.4, 0.5) is 21.5 Å². The Hall–Kier alpha value is -3.82. The minimum Gasteiger partial charge on any atom is -0.452 e. The number of carbonyl (C=O) groups is 3. The summed E-state index contributed by atoms with van der Waals surface area (Å²) >= 11 is 0. The summed E-state index contributed by atoms with van der Waals surface area (Å²) < 4.78 is 18.0. The van der Waals surface area contributed by atoms with Gasteiger partial charge in [-0.2, -0.15) is 0 Å². The van der Waals surface area contributed by atoms with Gasteiger partial charge in [-0.05, 0) is 42.8 Å². The van der Waals surface area contributed by atoms with Crippen molar-refractivity contribution in [3.05, 3.63) is 64.0 Å². The monoisotopic (exact) mass is 401 g/mol. The van der Waals surface area contributed by atoms with Crippen LogP contribution in [0.1, 0.15) is 23.2 Å². The van der Waals surface area contributed by atoms with Crippen molar-refractivity contribution in [1.29, 1.82) is 0 Å². The maximum absolute atomic E-state index is 13.1. The fourth-order valence-electron chi connectivity index (χ4n) is 2.86. The number of hydrogen-bond acceptors (Lipinski definition) is 6. The number of nitrogens with zero attached hydrogens (tertiary/aromatic N) is 2. The molecule has 3 rings (SSSR count). The molecule has 0 radical (unpaired) electrons. The lowest BCUT2D eigenvalue weighted by atomic mass is 10.2. The van der Waals surface area contributed by atoms with Crippen molar-refractivity contribution < 1.29 is 28.4 Å². The third kappa shape index (κ3) is 4.72. The maximum Gasteiger partial charge on any atom is 0.338 e. The summed E-state index contributed by atoms with van der Waals surface area (Å²) in [7, 11) is 0. The molecule has 9 nitrogen and oxygen atoms in total. The highest BCUT2D eigenvalue weighted by atomic mass is 19.1. The molecule has 1 saturated heterocycles. The number of nitro groups is 1. The van der Waals surface area contributed by atoms with E-state index in [-0.39, 0.29) is 17.2 Å². The Labute approximate surface area is 164 Å².